The lowest BCUT2D eigenvalue weighted by Crippen LogP contribution is -2.32. The van der Waals surface area contributed by atoms with Gasteiger partial charge in [0.1, 0.15) is 12.4 Å². The Labute approximate surface area is 144 Å². The molecule has 1 saturated heterocycles. The number of benzene rings is 2. The number of nitrogens with zero attached hydrogens (tertiary/aromatic N) is 1. The van der Waals surface area contributed by atoms with Gasteiger partial charge in [-0.25, -0.2) is 4.79 Å². The Bertz CT molecular complexity index is 771. The van der Waals surface area contributed by atoms with Crippen molar-refractivity contribution >= 4 is 17.8 Å². The molecule has 0 bridgehead atoms. The molecule has 1 fully saturated rings. The summed E-state index contributed by atoms with van der Waals surface area (Å²) in [6, 6.07) is 16.8. The highest BCUT2D eigenvalue weighted by molar-refractivity contribution is 6.01. The fraction of sp³-hybridized carbons (Fsp3) is 0.211. The molecule has 0 N–H and O–H groups in total. The molecule has 2 amide bonds. The van der Waals surface area contributed by atoms with Crippen LogP contribution in [-0.4, -0.2) is 22.8 Å². The van der Waals surface area contributed by atoms with Gasteiger partial charge in [0.25, 0.3) is 11.8 Å². The SMILES string of the molecule is O=C(Cc1ccccc1OCc1ccccc1)ON1C(=O)CCC1=O. The van der Waals surface area contributed by atoms with Crippen LogP contribution in [-0.2, 0) is 32.2 Å². The van der Waals surface area contributed by atoms with Crippen molar-refractivity contribution in [1.29, 1.82) is 0 Å². The van der Waals surface area contributed by atoms with E-state index in [0.717, 1.165) is 5.56 Å². The summed E-state index contributed by atoms with van der Waals surface area (Å²) in [4.78, 5) is 40.0. The average Bonchev–Trinajstić information content (AvgIpc) is 2.94. The predicted octanol–water partition coefficient (Wildman–Crippen LogP) is 2.42. The second-order valence-electron chi connectivity index (χ2n) is 5.60. The van der Waals surface area contributed by atoms with Crippen LogP contribution in [0, 0.1) is 0 Å². The zero-order valence-electron chi connectivity index (χ0n) is 13.5. The average molecular weight is 339 g/mol. The maximum Gasteiger partial charge on any atom is 0.337 e. The van der Waals surface area contributed by atoms with E-state index in [9.17, 15) is 14.4 Å². The third-order valence-corrected chi connectivity index (χ3v) is 3.74. The van der Waals surface area contributed by atoms with Crippen LogP contribution in [0.1, 0.15) is 24.0 Å². The Morgan fingerprint density at radius 3 is 2.28 bits per heavy atom. The first-order valence-electron chi connectivity index (χ1n) is 7.94. The number of rotatable bonds is 6. The Balaban J connectivity index is 1.63. The molecule has 6 nitrogen and oxygen atoms in total. The lowest BCUT2D eigenvalue weighted by atomic mass is 10.1. The van der Waals surface area contributed by atoms with Gasteiger partial charge in [-0.1, -0.05) is 48.5 Å². The van der Waals surface area contributed by atoms with Gasteiger partial charge in [-0.2, -0.15) is 0 Å². The third-order valence-electron chi connectivity index (χ3n) is 3.74. The maximum atomic E-state index is 12.1. The van der Waals surface area contributed by atoms with Gasteiger partial charge in [-0.05, 0) is 11.6 Å². The molecule has 0 saturated carbocycles. The van der Waals surface area contributed by atoms with E-state index in [4.69, 9.17) is 9.57 Å². The van der Waals surface area contributed by atoms with Gasteiger partial charge in [0.2, 0.25) is 0 Å². The second kappa shape index (κ2) is 7.61. The maximum absolute atomic E-state index is 12.1. The van der Waals surface area contributed by atoms with E-state index in [1.165, 1.54) is 0 Å². The summed E-state index contributed by atoms with van der Waals surface area (Å²) in [5.74, 6) is -1.11. The van der Waals surface area contributed by atoms with Crippen LogP contribution in [0.15, 0.2) is 54.6 Å². The Morgan fingerprint density at radius 1 is 0.920 bits per heavy atom. The van der Waals surface area contributed by atoms with Crippen molar-refractivity contribution in [1.82, 2.24) is 5.06 Å². The van der Waals surface area contributed by atoms with Gasteiger partial charge in [-0.3, -0.25) is 9.59 Å². The number of hydroxylamine groups is 2. The molecule has 128 valence electrons. The first kappa shape index (κ1) is 16.7. The van der Waals surface area contributed by atoms with Gasteiger partial charge in [0.15, 0.2) is 0 Å². The Kier molecular flexibility index (Phi) is 5.09. The largest absolute Gasteiger partial charge is 0.489 e. The molecule has 0 aliphatic carbocycles. The van der Waals surface area contributed by atoms with Gasteiger partial charge >= 0.3 is 5.97 Å². The highest BCUT2D eigenvalue weighted by Crippen LogP contribution is 2.21. The van der Waals surface area contributed by atoms with Crippen LogP contribution in [0.3, 0.4) is 0 Å². The van der Waals surface area contributed by atoms with Crippen LogP contribution >= 0.6 is 0 Å². The quantitative estimate of drug-likeness (QED) is 0.756. The van der Waals surface area contributed by atoms with Gasteiger partial charge in [0.05, 0.1) is 6.42 Å². The molecule has 6 heteroatoms. The highest BCUT2D eigenvalue weighted by atomic mass is 16.7. The molecule has 2 aromatic rings. The van der Waals surface area contributed by atoms with Crippen molar-refractivity contribution in [2.24, 2.45) is 0 Å². The Hall–Kier alpha value is -3.15. The summed E-state index contributed by atoms with van der Waals surface area (Å²) in [5, 5.41) is 0.551. The van der Waals surface area contributed by atoms with E-state index in [1.54, 1.807) is 18.2 Å². The summed E-state index contributed by atoms with van der Waals surface area (Å²) in [6.07, 6.45) is 0.0494. The molecular weight excluding hydrogens is 322 g/mol. The first-order valence-corrected chi connectivity index (χ1v) is 7.94. The normalized spacial score (nSPS) is 13.8. The standard InChI is InChI=1S/C19H17NO5/c21-17-10-11-18(22)20(17)25-19(23)12-15-8-4-5-9-16(15)24-13-14-6-2-1-3-7-14/h1-9H,10-13H2. The lowest BCUT2D eigenvalue weighted by molar-refractivity contribution is -0.197. The molecule has 0 atom stereocenters. The fourth-order valence-corrected chi connectivity index (χ4v) is 2.47. The molecular formula is C19H17NO5. The van der Waals surface area contributed by atoms with E-state index in [1.807, 2.05) is 36.4 Å². The fourth-order valence-electron chi connectivity index (χ4n) is 2.47. The molecule has 0 radical (unpaired) electrons. The van der Waals surface area contributed by atoms with Gasteiger partial charge in [0, 0.05) is 18.4 Å². The number of amides is 2. The van der Waals surface area contributed by atoms with Gasteiger partial charge in [-0.15, -0.1) is 5.06 Å². The molecule has 0 unspecified atom stereocenters. The van der Waals surface area contributed by atoms with Crippen LogP contribution in [0.25, 0.3) is 0 Å². The minimum absolute atomic E-state index is 0.0723. The molecule has 0 aromatic heterocycles. The molecule has 1 aliphatic heterocycles. The van der Waals surface area contributed by atoms with Crippen molar-refractivity contribution in [2.45, 2.75) is 25.9 Å². The van der Waals surface area contributed by atoms with Crippen molar-refractivity contribution in [2.75, 3.05) is 0 Å². The minimum atomic E-state index is -0.681. The predicted molar refractivity (Wildman–Crippen MR) is 88.1 cm³/mol. The van der Waals surface area contributed by atoms with E-state index >= 15 is 0 Å². The molecule has 3 rings (SSSR count). The molecule has 25 heavy (non-hydrogen) atoms. The number of carbonyl (C=O) groups is 3. The van der Waals surface area contributed by atoms with Crippen LogP contribution in [0.2, 0.25) is 0 Å². The van der Waals surface area contributed by atoms with Crippen molar-refractivity contribution < 1.29 is 24.0 Å². The molecule has 0 spiro atoms. The third kappa shape index (κ3) is 4.23. The summed E-state index contributed by atoms with van der Waals surface area (Å²) < 4.78 is 5.78. The summed E-state index contributed by atoms with van der Waals surface area (Å²) in [5.41, 5.74) is 1.63. The lowest BCUT2D eigenvalue weighted by Gasteiger charge is -2.14. The van der Waals surface area contributed by atoms with E-state index in [0.29, 0.717) is 23.0 Å². The topological polar surface area (TPSA) is 72.9 Å². The first-order chi connectivity index (χ1) is 12.1. The second-order valence-corrected chi connectivity index (χ2v) is 5.60. The van der Waals surface area contributed by atoms with Crippen LogP contribution in [0.5, 0.6) is 5.75 Å². The van der Waals surface area contributed by atoms with E-state index in [-0.39, 0.29) is 19.3 Å². The summed E-state index contributed by atoms with van der Waals surface area (Å²) in [7, 11) is 0. The number of para-hydroxylation sites is 1. The summed E-state index contributed by atoms with van der Waals surface area (Å²) in [6.45, 7) is 0.371. The van der Waals surface area contributed by atoms with Crippen molar-refractivity contribution in [3.63, 3.8) is 0 Å². The van der Waals surface area contributed by atoms with E-state index < -0.39 is 17.8 Å². The zero-order valence-corrected chi connectivity index (χ0v) is 13.5. The van der Waals surface area contributed by atoms with Crippen molar-refractivity contribution in [3.8, 4) is 5.75 Å². The smallest absolute Gasteiger partial charge is 0.337 e. The highest BCUT2D eigenvalue weighted by Gasteiger charge is 2.32. The number of carbonyl (C=O) groups excluding carboxylic acids is 3. The van der Waals surface area contributed by atoms with Crippen molar-refractivity contribution in [3.05, 3.63) is 65.7 Å². The molecule has 2 aromatic carbocycles. The van der Waals surface area contributed by atoms with Crippen LogP contribution < -0.4 is 4.74 Å². The number of hydrogen-bond donors (Lipinski definition) is 0. The monoisotopic (exact) mass is 339 g/mol. The number of hydrogen-bond acceptors (Lipinski definition) is 5. The van der Waals surface area contributed by atoms with E-state index in [2.05, 4.69) is 0 Å². The molecule has 1 heterocycles. The minimum Gasteiger partial charge on any atom is -0.489 e. The number of imide groups is 1. The number of ether oxygens (including phenoxy) is 1. The Morgan fingerprint density at radius 2 is 1.56 bits per heavy atom. The van der Waals surface area contributed by atoms with Gasteiger partial charge < -0.3 is 9.57 Å². The zero-order chi connectivity index (χ0) is 17.6. The van der Waals surface area contributed by atoms with Crippen LogP contribution in [0.4, 0.5) is 0 Å². The summed E-state index contributed by atoms with van der Waals surface area (Å²) >= 11 is 0. The molecule has 1 aliphatic rings.